The molecular formula is C11H16KNaO. The van der Waals surface area contributed by atoms with E-state index < -0.39 is 0 Å². The zero-order chi connectivity index (χ0) is 9.35. The second-order valence-electron chi connectivity index (χ2n) is 4.25. The van der Waals surface area contributed by atoms with Gasteiger partial charge in [0, 0.05) is 0 Å². The molecule has 0 fully saturated rings. The second kappa shape index (κ2) is 7.07. The molecule has 14 heavy (non-hydrogen) atoms. The molecule has 1 aromatic carbocycles. The van der Waals surface area contributed by atoms with Crippen LogP contribution < -0.4 is 56.5 Å². The van der Waals surface area contributed by atoms with E-state index >= 15 is 0 Å². The van der Waals surface area contributed by atoms with Crippen LogP contribution in [-0.2, 0) is 5.41 Å². The van der Waals surface area contributed by atoms with Crippen molar-refractivity contribution >= 4 is 29.6 Å². The summed E-state index contributed by atoms with van der Waals surface area (Å²) in [7, 11) is 0. The third-order valence-corrected chi connectivity index (χ3v) is 1.94. The monoisotopic (exact) mass is 226 g/mol. The van der Waals surface area contributed by atoms with Crippen molar-refractivity contribution < 1.29 is 56.5 Å². The molecule has 0 aromatic heterocycles. The Labute approximate surface area is 151 Å². The van der Waals surface area contributed by atoms with Gasteiger partial charge in [-0.25, -0.2) is 0 Å². The number of hydrogen-bond donors (Lipinski definition) is 0. The zero-order valence-corrected chi connectivity index (χ0v) is 12.3. The summed E-state index contributed by atoms with van der Waals surface area (Å²) in [5.41, 5.74) is 2.02. The van der Waals surface area contributed by atoms with E-state index in [0.717, 1.165) is 11.1 Å². The first-order chi connectivity index (χ1) is 5.41. The molecule has 0 bridgehead atoms. The van der Waals surface area contributed by atoms with Crippen molar-refractivity contribution in [3.8, 4) is 5.75 Å². The number of benzene rings is 1. The molecule has 0 aliphatic heterocycles. The van der Waals surface area contributed by atoms with Crippen LogP contribution in [0.4, 0.5) is 0 Å². The predicted octanol–water partition coefficient (Wildman–Crippen LogP) is -1.28. The molecule has 0 saturated carbocycles. The molecule has 0 aliphatic rings. The number of hydrogen-bond acceptors (Lipinski definition) is 1. The van der Waals surface area contributed by atoms with E-state index in [1.165, 1.54) is 0 Å². The Hall–Kier alpha value is 1.66. The van der Waals surface area contributed by atoms with Crippen molar-refractivity contribution in [2.45, 2.75) is 33.1 Å². The van der Waals surface area contributed by atoms with Crippen molar-refractivity contribution in [1.82, 2.24) is 0 Å². The molecule has 0 atom stereocenters. The fourth-order valence-corrected chi connectivity index (χ4v) is 1.23. The summed E-state index contributed by atoms with van der Waals surface area (Å²) in [6.07, 6.45) is 0. The van der Waals surface area contributed by atoms with E-state index in [0.29, 0.717) is 0 Å². The number of rotatable bonds is 0. The van der Waals surface area contributed by atoms with E-state index in [2.05, 4.69) is 20.8 Å². The summed E-state index contributed by atoms with van der Waals surface area (Å²) < 4.78 is 0. The van der Waals surface area contributed by atoms with Crippen LogP contribution in [0.3, 0.4) is 0 Å². The maximum absolute atomic E-state index is 11.4. The van der Waals surface area contributed by atoms with Gasteiger partial charge in [0.15, 0.2) is 0 Å². The van der Waals surface area contributed by atoms with Gasteiger partial charge >= 0.3 is 80.9 Å². The third-order valence-electron chi connectivity index (χ3n) is 1.94. The average molecular weight is 226 g/mol. The predicted molar refractivity (Wildman–Crippen MR) is 56.5 cm³/mol. The molecule has 0 heterocycles. The molecule has 68 valence electrons. The Kier molecular flexibility index (Phi) is 9.11. The van der Waals surface area contributed by atoms with Crippen LogP contribution in [0.2, 0.25) is 0 Å². The molecule has 1 nitrogen and oxygen atoms in total. The van der Waals surface area contributed by atoms with E-state index in [-0.39, 0.29) is 92.1 Å². The minimum atomic E-state index is -0.0386. The molecule has 0 amide bonds. The maximum atomic E-state index is 11.4. The fourth-order valence-electron chi connectivity index (χ4n) is 1.23. The average Bonchev–Trinajstić information content (AvgIpc) is 1.92. The van der Waals surface area contributed by atoms with Crippen molar-refractivity contribution in [3.63, 3.8) is 0 Å². The summed E-state index contributed by atoms with van der Waals surface area (Å²) >= 11 is 0. The molecule has 3 heteroatoms. The van der Waals surface area contributed by atoms with Crippen molar-refractivity contribution in [1.29, 1.82) is 0 Å². The molecule has 0 N–H and O–H groups in total. The SMILES string of the molecule is Cc1ccc([O-])c(C(C)(C)C)c1.[K+].[NaH]. The van der Waals surface area contributed by atoms with Crippen LogP contribution in [0.15, 0.2) is 18.2 Å². The van der Waals surface area contributed by atoms with Gasteiger partial charge in [-0.2, -0.15) is 0 Å². The Morgan fingerprint density at radius 2 is 1.64 bits per heavy atom. The van der Waals surface area contributed by atoms with Crippen molar-refractivity contribution in [2.24, 2.45) is 0 Å². The van der Waals surface area contributed by atoms with Crippen LogP contribution in [0, 0.1) is 6.92 Å². The molecule has 0 unspecified atom stereocenters. The quantitative estimate of drug-likeness (QED) is 0.506. The van der Waals surface area contributed by atoms with E-state index in [4.69, 9.17) is 0 Å². The normalized spacial score (nSPS) is 10.0. The van der Waals surface area contributed by atoms with Crippen LogP contribution >= 0.6 is 0 Å². The fraction of sp³-hybridized carbons (Fsp3) is 0.455. The standard InChI is InChI=1S/C11H16O.K.Na.H/c1-8-5-6-10(12)9(7-8)11(2,3)4;;;/h5-7,12H,1-4H3;;;/q;+1;;/p-1. The van der Waals surface area contributed by atoms with Gasteiger partial charge in [-0.05, 0) is 12.3 Å². The van der Waals surface area contributed by atoms with Crippen molar-refractivity contribution in [3.05, 3.63) is 29.3 Å². The summed E-state index contributed by atoms with van der Waals surface area (Å²) in [4.78, 5) is 0. The van der Waals surface area contributed by atoms with Gasteiger partial charge in [-0.3, -0.25) is 0 Å². The molecule has 0 spiro atoms. The molecule has 0 saturated heterocycles. The Bertz CT molecular complexity index is 292. The Balaban J connectivity index is 0. The molecular weight excluding hydrogens is 210 g/mol. The zero-order valence-electron chi connectivity index (χ0n) is 9.14. The summed E-state index contributed by atoms with van der Waals surface area (Å²) in [5.74, 6) is 0.146. The molecule has 1 rings (SSSR count). The first-order valence-electron chi connectivity index (χ1n) is 4.19. The molecule has 1 aromatic rings. The van der Waals surface area contributed by atoms with Crippen molar-refractivity contribution in [2.75, 3.05) is 0 Å². The van der Waals surface area contributed by atoms with Gasteiger partial charge in [-0.1, -0.05) is 50.1 Å². The van der Waals surface area contributed by atoms with Crippen LogP contribution in [0.1, 0.15) is 31.9 Å². The van der Waals surface area contributed by atoms with Crippen LogP contribution in [0.25, 0.3) is 0 Å². The van der Waals surface area contributed by atoms with Gasteiger partial charge in [0.2, 0.25) is 0 Å². The summed E-state index contributed by atoms with van der Waals surface area (Å²) in [6, 6.07) is 5.48. The van der Waals surface area contributed by atoms with Crippen LogP contribution in [0.5, 0.6) is 5.75 Å². The van der Waals surface area contributed by atoms with Crippen LogP contribution in [-0.4, -0.2) is 29.6 Å². The Morgan fingerprint density at radius 1 is 1.14 bits per heavy atom. The third kappa shape index (κ3) is 5.13. The van der Waals surface area contributed by atoms with Gasteiger partial charge in [0.05, 0.1) is 0 Å². The molecule has 0 radical (unpaired) electrons. The second-order valence-corrected chi connectivity index (χ2v) is 4.25. The first-order valence-corrected chi connectivity index (χ1v) is 4.19. The van der Waals surface area contributed by atoms with Gasteiger partial charge in [0.1, 0.15) is 0 Å². The van der Waals surface area contributed by atoms with E-state index in [9.17, 15) is 5.11 Å². The topological polar surface area (TPSA) is 23.1 Å². The van der Waals surface area contributed by atoms with Gasteiger partial charge < -0.3 is 5.11 Å². The van der Waals surface area contributed by atoms with Gasteiger partial charge in [0.25, 0.3) is 0 Å². The summed E-state index contributed by atoms with van der Waals surface area (Å²) in [6.45, 7) is 8.18. The summed E-state index contributed by atoms with van der Waals surface area (Å²) in [5, 5.41) is 11.4. The number of aryl methyl sites for hydroxylation is 1. The first kappa shape index (κ1) is 18.0. The van der Waals surface area contributed by atoms with E-state index in [1.807, 2.05) is 19.1 Å². The van der Waals surface area contributed by atoms with Gasteiger partial charge in [-0.15, -0.1) is 5.75 Å². The minimum absolute atomic E-state index is 0. The van der Waals surface area contributed by atoms with E-state index in [1.54, 1.807) is 6.07 Å². The Morgan fingerprint density at radius 3 is 2.00 bits per heavy atom. The molecule has 0 aliphatic carbocycles.